The van der Waals surface area contributed by atoms with E-state index < -0.39 is 5.97 Å². The van der Waals surface area contributed by atoms with Crippen molar-refractivity contribution >= 4 is 12.0 Å². The van der Waals surface area contributed by atoms with Crippen LogP contribution in [-0.4, -0.2) is 41.6 Å². The molecule has 0 saturated carbocycles. The van der Waals surface area contributed by atoms with Crippen molar-refractivity contribution in [2.75, 3.05) is 19.6 Å². The van der Waals surface area contributed by atoms with Crippen molar-refractivity contribution in [3.8, 4) is 0 Å². The van der Waals surface area contributed by atoms with E-state index in [0.717, 1.165) is 24.8 Å². The van der Waals surface area contributed by atoms with Crippen LogP contribution in [0.15, 0.2) is 24.3 Å². The fourth-order valence-corrected chi connectivity index (χ4v) is 2.91. The number of hydrogen-bond donors (Lipinski definition) is 2. The van der Waals surface area contributed by atoms with Crippen molar-refractivity contribution in [3.05, 3.63) is 35.6 Å². The number of amides is 2. The molecule has 2 N–H and O–H groups in total. The van der Waals surface area contributed by atoms with Gasteiger partial charge in [-0.05, 0) is 49.3 Å². The second-order valence-electron chi connectivity index (χ2n) is 5.90. The molecule has 23 heavy (non-hydrogen) atoms. The lowest BCUT2D eigenvalue weighted by Gasteiger charge is -2.21. The van der Waals surface area contributed by atoms with E-state index >= 15 is 0 Å². The Kier molecular flexibility index (Phi) is 6.38. The molecule has 1 aliphatic rings. The molecule has 0 spiro atoms. The zero-order valence-corrected chi connectivity index (χ0v) is 13.1. The Morgan fingerprint density at radius 2 is 1.96 bits per heavy atom. The average Bonchev–Trinajstić information content (AvgIpc) is 2.78. The van der Waals surface area contributed by atoms with Gasteiger partial charge >= 0.3 is 12.0 Å². The Morgan fingerprint density at radius 1 is 1.22 bits per heavy atom. The van der Waals surface area contributed by atoms with E-state index in [2.05, 4.69) is 5.32 Å². The number of halogens is 1. The Hall–Kier alpha value is -2.11. The monoisotopic (exact) mass is 322 g/mol. The highest BCUT2D eigenvalue weighted by Crippen LogP contribution is 2.28. The quantitative estimate of drug-likeness (QED) is 0.819. The van der Waals surface area contributed by atoms with E-state index in [1.165, 1.54) is 12.1 Å². The lowest BCUT2D eigenvalue weighted by molar-refractivity contribution is -0.137. The van der Waals surface area contributed by atoms with Crippen LogP contribution in [0.1, 0.15) is 43.6 Å². The fraction of sp³-hybridized carbons (Fsp3) is 0.529. The summed E-state index contributed by atoms with van der Waals surface area (Å²) in [5, 5.41) is 11.3. The van der Waals surface area contributed by atoms with Gasteiger partial charge in [0, 0.05) is 26.1 Å². The van der Waals surface area contributed by atoms with E-state index in [1.807, 2.05) is 12.1 Å². The van der Waals surface area contributed by atoms with Crippen LogP contribution in [-0.2, 0) is 4.79 Å². The third kappa shape index (κ3) is 5.54. The highest BCUT2D eigenvalue weighted by Gasteiger charge is 2.21. The summed E-state index contributed by atoms with van der Waals surface area (Å²) < 4.78 is 13.0. The molecule has 2 rings (SSSR count). The molecule has 6 heteroatoms. The molecule has 5 nitrogen and oxygen atoms in total. The van der Waals surface area contributed by atoms with Crippen LogP contribution in [0.5, 0.6) is 0 Å². The summed E-state index contributed by atoms with van der Waals surface area (Å²) in [7, 11) is 0. The zero-order valence-electron chi connectivity index (χ0n) is 13.1. The number of rotatable bonds is 5. The minimum absolute atomic E-state index is 0.0624. The van der Waals surface area contributed by atoms with Gasteiger partial charge in [-0.3, -0.25) is 4.79 Å². The lowest BCUT2D eigenvalue weighted by atomic mass is 9.92. The molecule has 1 heterocycles. The van der Waals surface area contributed by atoms with E-state index in [0.29, 0.717) is 32.0 Å². The Morgan fingerprint density at radius 3 is 2.65 bits per heavy atom. The Balaban J connectivity index is 1.79. The number of hydrogen-bond acceptors (Lipinski definition) is 2. The molecular weight excluding hydrogens is 299 g/mol. The Labute approximate surface area is 135 Å². The topological polar surface area (TPSA) is 69.6 Å². The minimum atomic E-state index is -0.851. The first-order valence-corrected chi connectivity index (χ1v) is 8.06. The first-order valence-electron chi connectivity index (χ1n) is 8.06. The molecule has 1 saturated heterocycles. The number of urea groups is 1. The maximum Gasteiger partial charge on any atom is 0.317 e. The molecular formula is C17H23FN2O3. The van der Waals surface area contributed by atoms with Crippen molar-refractivity contribution in [1.29, 1.82) is 0 Å². The van der Waals surface area contributed by atoms with Gasteiger partial charge in [-0.1, -0.05) is 12.1 Å². The van der Waals surface area contributed by atoms with Gasteiger partial charge in [-0.25, -0.2) is 9.18 Å². The highest BCUT2D eigenvalue weighted by atomic mass is 19.1. The number of carboxylic acids is 1. The van der Waals surface area contributed by atoms with Gasteiger partial charge < -0.3 is 15.3 Å². The Bertz CT molecular complexity index is 533. The maximum absolute atomic E-state index is 13.0. The van der Waals surface area contributed by atoms with Crippen LogP contribution in [0.2, 0.25) is 0 Å². The second kappa shape index (κ2) is 8.50. The van der Waals surface area contributed by atoms with Crippen molar-refractivity contribution < 1.29 is 19.1 Å². The SMILES string of the molecule is O=C(O)CCCNC(=O)N1CCCC(c2ccc(F)cc2)CC1. The van der Waals surface area contributed by atoms with Crippen molar-refractivity contribution in [1.82, 2.24) is 10.2 Å². The van der Waals surface area contributed by atoms with Gasteiger partial charge in [-0.15, -0.1) is 0 Å². The third-order valence-corrected chi connectivity index (χ3v) is 4.20. The van der Waals surface area contributed by atoms with Crippen LogP contribution in [0, 0.1) is 5.82 Å². The van der Waals surface area contributed by atoms with Crippen LogP contribution in [0.3, 0.4) is 0 Å². The first kappa shape index (κ1) is 17.2. The molecule has 1 aliphatic heterocycles. The fourth-order valence-electron chi connectivity index (χ4n) is 2.91. The molecule has 1 aromatic carbocycles. The second-order valence-corrected chi connectivity index (χ2v) is 5.90. The van der Waals surface area contributed by atoms with Crippen LogP contribution in [0.25, 0.3) is 0 Å². The van der Waals surface area contributed by atoms with Crippen molar-refractivity contribution in [3.63, 3.8) is 0 Å². The number of carboxylic acid groups (broad SMARTS) is 1. The van der Waals surface area contributed by atoms with Gasteiger partial charge in [-0.2, -0.15) is 0 Å². The molecule has 0 aromatic heterocycles. The number of likely N-dealkylation sites (tertiary alicyclic amines) is 1. The molecule has 126 valence electrons. The van der Waals surface area contributed by atoms with E-state index in [4.69, 9.17) is 5.11 Å². The van der Waals surface area contributed by atoms with E-state index in [9.17, 15) is 14.0 Å². The van der Waals surface area contributed by atoms with Gasteiger partial charge in [0.15, 0.2) is 0 Å². The maximum atomic E-state index is 13.0. The summed E-state index contributed by atoms with van der Waals surface area (Å²) in [6.07, 6.45) is 3.24. The molecule has 1 atom stereocenters. The number of benzene rings is 1. The molecule has 1 fully saturated rings. The summed E-state index contributed by atoms with van der Waals surface area (Å²) in [5.74, 6) is -0.735. The van der Waals surface area contributed by atoms with Gasteiger partial charge in [0.25, 0.3) is 0 Å². The number of carbonyl (C=O) groups excluding carboxylic acids is 1. The minimum Gasteiger partial charge on any atom is -0.481 e. The van der Waals surface area contributed by atoms with Gasteiger partial charge in [0.2, 0.25) is 0 Å². The van der Waals surface area contributed by atoms with Crippen LogP contribution < -0.4 is 5.32 Å². The summed E-state index contributed by atoms with van der Waals surface area (Å²) in [5.41, 5.74) is 1.12. The van der Waals surface area contributed by atoms with Crippen molar-refractivity contribution in [2.24, 2.45) is 0 Å². The smallest absolute Gasteiger partial charge is 0.317 e. The average molecular weight is 322 g/mol. The number of carbonyl (C=O) groups is 2. The van der Waals surface area contributed by atoms with Crippen LogP contribution in [0.4, 0.5) is 9.18 Å². The zero-order chi connectivity index (χ0) is 16.7. The normalized spacial score (nSPS) is 18.3. The van der Waals surface area contributed by atoms with Gasteiger partial charge in [0.05, 0.1) is 0 Å². The van der Waals surface area contributed by atoms with Crippen LogP contribution >= 0.6 is 0 Å². The largest absolute Gasteiger partial charge is 0.481 e. The van der Waals surface area contributed by atoms with Crippen molar-refractivity contribution in [2.45, 2.75) is 38.0 Å². The predicted molar refractivity (Wildman–Crippen MR) is 84.8 cm³/mol. The highest BCUT2D eigenvalue weighted by molar-refractivity contribution is 5.74. The number of aliphatic carboxylic acids is 1. The molecule has 2 amide bonds. The summed E-state index contributed by atoms with van der Waals surface area (Å²) in [6.45, 7) is 1.73. The first-order chi connectivity index (χ1) is 11.1. The standard InChI is InChI=1S/C17H23FN2O3/c18-15-7-5-14(6-8-15)13-3-2-11-20(12-9-13)17(23)19-10-1-4-16(21)22/h5-8,13H,1-4,9-12H2,(H,19,23)(H,21,22). The molecule has 0 radical (unpaired) electrons. The summed E-state index contributed by atoms with van der Waals surface area (Å²) in [4.78, 5) is 24.3. The molecule has 0 aliphatic carbocycles. The lowest BCUT2D eigenvalue weighted by Crippen LogP contribution is -2.41. The summed E-state index contributed by atoms with van der Waals surface area (Å²) >= 11 is 0. The molecule has 1 aromatic rings. The molecule has 1 unspecified atom stereocenters. The molecule has 0 bridgehead atoms. The summed E-state index contributed by atoms with van der Waals surface area (Å²) in [6, 6.07) is 6.47. The predicted octanol–water partition coefficient (Wildman–Crippen LogP) is 2.97. The van der Waals surface area contributed by atoms with E-state index in [-0.39, 0.29) is 18.3 Å². The number of nitrogens with zero attached hydrogens (tertiary/aromatic N) is 1. The van der Waals surface area contributed by atoms with E-state index in [1.54, 1.807) is 4.90 Å². The number of nitrogens with one attached hydrogen (secondary N) is 1. The third-order valence-electron chi connectivity index (χ3n) is 4.20. The van der Waals surface area contributed by atoms with Gasteiger partial charge in [0.1, 0.15) is 5.82 Å².